The normalized spacial score (nSPS) is 22.1. The fourth-order valence-corrected chi connectivity index (χ4v) is 21.0. The molecule has 6 heteroatoms. The molecule has 14 heavy (non-hydrogen) atoms. The van der Waals surface area contributed by atoms with Crippen molar-refractivity contribution in [3.63, 3.8) is 0 Å². The summed E-state index contributed by atoms with van der Waals surface area (Å²) in [6, 6.07) is 6.02. The van der Waals surface area contributed by atoms with Crippen LogP contribution in [0.1, 0.15) is 5.56 Å². The van der Waals surface area contributed by atoms with Crippen molar-refractivity contribution in [2.75, 3.05) is 0 Å². The van der Waals surface area contributed by atoms with Crippen LogP contribution in [0.4, 0.5) is 0 Å². The van der Waals surface area contributed by atoms with Gasteiger partial charge >= 0.3 is 0 Å². The minimum atomic E-state index is -2.39. The van der Waals surface area contributed by atoms with Gasteiger partial charge in [-0.15, -0.1) is 44.3 Å². The predicted octanol–water partition coefficient (Wildman–Crippen LogP) is 2.80. The van der Waals surface area contributed by atoms with Gasteiger partial charge in [-0.05, 0) is 23.0 Å². The van der Waals surface area contributed by atoms with E-state index in [2.05, 4.69) is 0 Å². The van der Waals surface area contributed by atoms with E-state index in [1.807, 2.05) is 25.1 Å². The van der Waals surface area contributed by atoms with Crippen molar-refractivity contribution >= 4 is 68.1 Å². The monoisotopic (exact) mass is 300 g/mol. The van der Waals surface area contributed by atoms with Crippen molar-refractivity contribution in [3.8, 4) is 0 Å². The van der Waals surface area contributed by atoms with E-state index in [1.165, 1.54) is 0 Å². The number of benzene rings is 1. The van der Waals surface area contributed by atoms with Gasteiger partial charge in [0.05, 0.1) is 0 Å². The fraction of sp³-hybridized carbons (Fsp3) is 0.250. The summed E-state index contributed by atoms with van der Waals surface area (Å²) in [4.78, 5) is 0. The lowest BCUT2D eigenvalue weighted by Gasteiger charge is -2.10. The van der Waals surface area contributed by atoms with Crippen molar-refractivity contribution in [1.82, 2.24) is 0 Å². The molecule has 1 aromatic carbocycles. The Hall–Kier alpha value is 0.814. The molecule has 76 valence electrons. The van der Waals surface area contributed by atoms with Gasteiger partial charge < -0.3 is 0 Å². The third-order valence-electron chi connectivity index (χ3n) is 2.41. The predicted molar refractivity (Wildman–Crippen MR) is 70.2 cm³/mol. The summed E-state index contributed by atoms with van der Waals surface area (Å²) in [5.41, 5.74) is 1.76. The Morgan fingerprint density at radius 3 is 2.21 bits per heavy atom. The van der Waals surface area contributed by atoms with E-state index in [9.17, 15) is 0 Å². The molecule has 1 heterocycles. The molecule has 0 spiro atoms. The van der Waals surface area contributed by atoms with Crippen molar-refractivity contribution in [2.45, 2.75) is 12.6 Å². The molecule has 0 atom stereocenters. The highest BCUT2D eigenvalue weighted by Crippen LogP contribution is 2.36. The average Bonchev–Trinajstić information content (AvgIpc) is 2.17. The van der Waals surface area contributed by atoms with Crippen LogP contribution in [0, 0.1) is 6.92 Å². The van der Waals surface area contributed by atoms with Gasteiger partial charge in [0.25, 0.3) is 13.4 Å². The summed E-state index contributed by atoms with van der Waals surface area (Å²) < 4.78 is 0. The highest BCUT2D eigenvalue weighted by molar-refractivity contribution is 7.66. The Kier molecular flexibility index (Phi) is 2.75. The van der Waals surface area contributed by atoms with Crippen LogP contribution >= 0.6 is 44.3 Å². The number of aryl methyl sites for hydroxylation is 1. The zero-order chi connectivity index (χ0) is 10.6. The summed E-state index contributed by atoms with van der Waals surface area (Å²) in [7, 11) is 0. The van der Waals surface area contributed by atoms with Gasteiger partial charge in [0.2, 0.25) is 0 Å². The minimum Gasteiger partial charge on any atom is -0.140 e. The summed E-state index contributed by atoms with van der Waals surface area (Å²) in [5.74, 6) is 0. The molecule has 0 N–H and O–H groups in total. The van der Waals surface area contributed by atoms with Crippen LogP contribution in [-0.4, -0.2) is 13.4 Å². The Balaban J connectivity index is 2.66. The SMILES string of the molecule is Cc1ccc2c(c1)[Si](Cl)(Cl)C[Si]2(Cl)Cl. The van der Waals surface area contributed by atoms with E-state index in [1.54, 1.807) is 0 Å². The number of hydrogen-bond donors (Lipinski definition) is 0. The molecule has 2 rings (SSSR count). The first-order valence-electron chi connectivity index (χ1n) is 4.20. The number of halogens is 4. The zero-order valence-corrected chi connectivity index (χ0v) is 12.5. The standard InChI is InChI=1S/C8H8Cl4Si2/c1-6-2-3-7-8(4-6)14(11,12)5-13(7,9)10/h2-4H,5H2,1H3. The molecular formula is C8H8Cl4Si2. The van der Waals surface area contributed by atoms with E-state index in [-0.39, 0.29) is 0 Å². The third-order valence-corrected chi connectivity index (χ3v) is 15.9. The lowest BCUT2D eigenvalue weighted by Crippen LogP contribution is -2.40. The topological polar surface area (TPSA) is 0 Å². The van der Waals surface area contributed by atoms with Gasteiger partial charge in [-0.2, -0.15) is 0 Å². The second-order valence-corrected chi connectivity index (χ2v) is 17.8. The average molecular weight is 302 g/mol. The molecule has 0 fully saturated rings. The second-order valence-electron chi connectivity index (χ2n) is 3.63. The van der Waals surface area contributed by atoms with E-state index in [0.717, 1.165) is 15.9 Å². The van der Waals surface area contributed by atoms with Crippen LogP contribution in [0.3, 0.4) is 0 Å². The summed E-state index contributed by atoms with van der Waals surface area (Å²) >= 11 is 25.3. The largest absolute Gasteiger partial charge is 0.280 e. The van der Waals surface area contributed by atoms with Gasteiger partial charge in [-0.3, -0.25) is 0 Å². The van der Waals surface area contributed by atoms with E-state index >= 15 is 0 Å². The van der Waals surface area contributed by atoms with Crippen LogP contribution in [0.2, 0.25) is 5.67 Å². The van der Waals surface area contributed by atoms with Crippen LogP contribution in [0.5, 0.6) is 0 Å². The van der Waals surface area contributed by atoms with Gasteiger partial charge in [0.15, 0.2) is 0 Å². The van der Waals surface area contributed by atoms with Gasteiger partial charge in [-0.1, -0.05) is 23.8 Å². The van der Waals surface area contributed by atoms with Crippen LogP contribution in [0.25, 0.3) is 0 Å². The highest BCUT2D eigenvalue weighted by atomic mass is 35.7. The highest BCUT2D eigenvalue weighted by Gasteiger charge is 2.53. The lowest BCUT2D eigenvalue weighted by atomic mass is 10.2. The first kappa shape index (κ1) is 11.3. The van der Waals surface area contributed by atoms with Crippen molar-refractivity contribution in [2.24, 2.45) is 0 Å². The summed E-state index contributed by atoms with van der Waals surface area (Å²) in [6.45, 7) is -2.75. The molecular weight excluding hydrogens is 294 g/mol. The quantitative estimate of drug-likeness (QED) is 0.511. The number of fused-ring (bicyclic) bond motifs is 1. The van der Waals surface area contributed by atoms with Gasteiger partial charge in [0.1, 0.15) is 0 Å². The maximum Gasteiger partial charge on any atom is 0.280 e. The van der Waals surface area contributed by atoms with Crippen LogP contribution in [-0.2, 0) is 0 Å². The lowest BCUT2D eigenvalue weighted by molar-refractivity contribution is 1.51. The Bertz CT molecular complexity index is 389. The smallest absolute Gasteiger partial charge is 0.140 e. The Labute approximate surface area is 104 Å². The van der Waals surface area contributed by atoms with Crippen LogP contribution < -0.4 is 10.4 Å². The van der Waals surface area contributed by atoms with Gasteiger partial charge in [-0.25, -0.2) is 0 Å². The summed E-state index contributed by atoms with van der Waals surface area (Å²) in [6.07, 6.45) is 0. The van der Waals surface area contributed by atoms with Crippen molar-refractivity contribution in [3.05, 3.63) is 23.8 Å². The molecule has 0 nitrogen and oxygen atoms in total. The van der Waals surface area contributed by atoms with Gasteiger partial charge in [0, 0.05) is 0 Å². The molecule has 0 saturated heterocycles. The molecule has 1 aliphatic heterocycles. The van der Waals surface area contributed by atoms with E-state index in [0.29, 0.717) is 5.67 Å². The molecule has 1 aromatic rings. The molecule has 0 unspecified atom stereocenters. The summed E-state index contributed by atoms with van der Waals surface area (Å²) in [5, 5.41) is 2.04. The van der Waals surface area contributed by atoms with Crippen LogP contribution in [0.15, 0.2) is 18.2 Å². The maximum absolute atomic E-state index is 6.32. The zero-order valence-electron chi connectivity index (χ0n) is 7.45. The molecule has 1 aliphatic rings. The number of hydrogen-bond acceptors (Lipinski definition) is 0. The fourth-order valence-electron chi connectivity index (χ4n) is 1.75. The molecule has 0 saturated carbocycles. The Morgan fingerprint density at radius 1 is 1.00 bits per heavy atom. The molecule has 0 aliphatic carbocycles. The Morgan fingerprint density at radius 2 is 1.57 bits per heavy atom. The molecule has 0 bridgehead atoms. The molecule has 0 amide bonds. The molecule has 0 radical (unpaired) electrons. The maximum atomic E-state index is 6.32. The second kappa shape index (κ2) is 3.40. The van der Waals surface area contributed by atoms with E-state index in [4.69, 9.17) is 44.3 Å². The first-order chi connectivity index (χ1) is 6.33. The van der Waals surface area contributed by atoms with E-state index < -0.39 is 13.4 Å². The third kappa shape index (κ3) is 1.77. The molecule has 0 aromatic heterocycles. The van der Waals surface area contributed by atoms with Crippen molar-refractivity contribution in [1.29, 1.82) is 0 Å². The van der Waals surface area contributed by atoms with Crippen molar-refractivity contribution < 1.29 is 0 Å². The number of rotatable bonds is 0. The first-order valence-corrected chi connectivity index (χ1v) is 12.7. The minimum absolute atomic E-state index is 0.602.